The maximum Gasteiger partial charge on any atom is 0.248 e. The van der Waals surface area contributed by atoms with Crippen LogP contribution in [0.15, 0.2) is 18.2 Å². The number of nitrogens with one attached hydrogen (secondary N) is 1. The zero-order chi connectivity index (χ0) is 17.9. The molecule has 132 valence electrons. The molecule has 0 saturated heterocycles. The van der Waals surface area contributed by atoms with Gasteiger partial charge in [0.1, 0.15) is 23.3 Å². The van der Waals surface area contributed by atoms with Gasteiger partial charge in [-0.25, -0.2) is 13.9 Å². The molecule has 0 spiro atoms. The first-order chi connectivity index (χ1) is 12.0. The van der Waals surface area contributed by atoms with E-state index in [2.05, 4.69) is 15.4 Å². The highest BCUT2D eigenvalue weighted by Gasteiger charge is 2.35. The van der Waals surface area contributed by atoms with Gasteiger partial charge in [-0.05, 0) is 31.9 Å². The summed E-state index contributed by atoms with van der Waals surface area (Å²) in [6.45, 7) is 2.32. The monoisotopic (exact) mass is 348 g/mol. The van der Waals surface area contributed by atoms with Crippen molar-refractivity contribution in [3.05, 3.63) is 23.9 Å². The number of hydrogen-bond acceptors (Lipinski definition) is 5. The Morgan fingerprint density at radius 3 is 2.68 bits per heavy atom. The quantitative estimate of drug-likeness (QED) is 0.891. The average molecular weight is 348 g/mol. The molecule has 0 radical (unpaired) electrons. The Morgan fingerprint density at radius 1 is 1.28 bits per heavy atom. The van der Waals surface area contributed by atoms with E-state index in [0.29, 0.717) is 42.2 Å². The number of H-pyrrole nitrogens is 1. The summed E-state index contributed by atoms with van der Waals surface area (Å²) in [5, 5.41) is 19.2. The van der Waals surface area contributed by atoms with E-state index in [-0.39, 0.29) is 24.6 Å². The zero-order valence-corrected chi connectivity index (χ0v) is 13.8. The molecule has 6 nitrogen and oxygen atoms in total. The van der Waals surface area contributed by atoms with Crippen LogP contribution in [-0.4, -0.2) is 34.0 Å². The van der Waals surface area contributed by atoms with Crippen LogP contribution in [0.25, 0.3) is 11.3 Å². The van der Waals surface area contributed by atoms with Gasteiger partial charge in [-0.15, -0.1) is 5.10 Å². The van der Waals surface area contributed by atoms with Gasteiger partial charge in [-0.1, -0.05) is 5.21 Å². The lowest BCUT2D eigenvalue weighted by Crippen LogP contribution is -2.30. The lowest BCUT2D eigenvalue weighted by atomic mass is 9.94. The van der Waals surface area contributed by atoms with Gasteiger partial charge >= 0.3 is 0 Å². The van der Waals surface area contributed by atoms with Crippen molar-refractivity contribution < 1.29 is 18.3 Å². The number of aromatic amines is 1. The molecule has 1 aliphatic carbocycles. The molecule has 8 heteroatoms. The summed E-state index contributed by atoms with van der Waals surface area (Å²) in [4.78, 5) is 0. The Kier molecular flexibility index (Phi) is 4.83. The molecule has 0 bridgehead atoms. The fourth-order valence-electron chi connectivity index (χ4n) is 2.86. The molecule has 0 amide bonds. The van der Waals surface area contributed by atoms with E-state index in [0.717, 1.165) is 0 Å². The van der Waals surface area contributed by atoms with E-state index in [1.54, 1.807) is 18.2 Å². The van der Waals surface area contributed by atoms with Crippen molar-refractivity contribution in [3.63, 3.8) is 0 Å². The summed E-state index contributed by atoms with van der Waals surface area (Å²) in [7, 11) is 0. The molecule has 0 aliphatic heterocycles. The third kappa shape index (κ3) is 4.05. The van der Waals surface area contributed by atoms with Crippen molar-refractivity contribution in [1.82, 2.24) is 15.4 Å². The minimum absolute atomic E-state index is 0.169. The molecule has 1 aliphatic rings. The van der Waals surface area contributed by atoms with Crippen LogP contribution in [0.2, 0.25) is 0 Å². The number of rotatable bonds is 5. The first-order valence-electron chi connectivity index (χ1n) is 8.14. The summed E-state index contributed by atoms with van der Waals surface area (Å²) in [6.07, 6.45) is -0.00439. The second kappa shape index (κ2) is 7.05. The van der Waals surface area contributed by atoms with Crippen LogP contribution < -0.4 is 9.47 Å². The van der Waals surface area contributed by atoms with Crippen LogP contribution in [-0.2, 0) is 0 Å². The highest BCUT2D eigenvalue weighted by Crippen LogP contribution is 2.36. The lowest BCUT2D eigenvalue weighted by molar-refractivity contribution is -0.0582. The Hall–Kier alpha value is -2.69. The largest absolute Gasteiger partial charge is 0.494 e. The maximum absolute atomic E-state index is 13.3. The molecule has 25 heavy (non-hydrogen) atoms. The first kappa shape index (κ1) is 17.1. The van der Waals surface area contributed by atoms with Gasteiger partial charge in [0.15, 0.2) is 5.69 Å². The van der Waals surface area contributed by atoms with Crippen molar-refractivity contribution >= 4 is 0 Å². The van der Waals surface area contributed by atoms with Crippen LogP contribution in [0, 0.1) is 11.3 Å². The average Bonchev–Trinajstić information content (AvgIpc) is 3.06. The van der Waals surface area contributed by atoms with E-state index >= 15 is 0 Å². The molecule has 1 N–H and O–H groups in total. The van der Waals surface area contributed by atoms with E-state index in [1.807, 2.05) is 13.0 Å². The Bertz CT molecular complexity index is 775. The number of nitriles is 1. The molecule has 0 unspecified atom stereocenters. The Balaban J connectivity index is 1.85. The molecule has 1 saturated carbocycles. The standard InChI is InChI=1S/C17H18F2N4O2/c1-2-24-13-7-11(16-15(10-20)21-23-22-16)8-14(9-13)25-12-3-5-17(18,19)6-4-12/h7-9,12H,2-6H2,1H3,(H,21,22,23). The molecule has 1 aromatic heterocycles. The van der Waals surface area contributed by atoms with Crippen molar-refractivity contribution in [1.29, 1.82) is 5.26 Å². The first-order valence-corrected chi connectivity index (χ1v) is 8.14. The van der Waals surface area contributed by atoms with E-state index in [1.165, 1.54) is 0 Å². The van der Waals surface area contributed by atoms with Crippen LogP contribution in [0.3, 0.4) is 0 Å². The Morgan fingerprint density at radius 2 is 2.00 bits per heavy atom. The maximum atomic E-state index is 13.3. The number of halogens is 2. The minimum Gasteiger partial charge on any atom is -0.494 e. The summed E-state index contributed by atoms with van der Waals surface area (Å²) in [5.74, 6) is -1.54. The second-order valence-electron chi connectivity index (χ2n) is 5.95. The number of alkyl halides is 2. The molecular formula is C17H18F2N4O2. The minimum atomic E-state index is -2.60. The third-order valence-electron chi connectivity index (χ3n) is 4.09. The second-order valence-corrected chi connectivity index (χ2v) is 5.95. The van der Waals surface area contributed by atoms with Crippen LogP contribution >= 0.6 is 0 Å². The van der Waals surface area contributed by atoms with Crippen LogP contribution in [0.4, 0.5) is 8.78 Å². The molecule has 0 atom stereocenters. The van der Waals surface area contributed by atoms with Gasteiger partial charge in [0.2, 0.25) is 5.92 Å². The van der Waals surface area contributed by atoms with E-state index in [4.69, 9.17) is 14.7 Å². The number of nitrogens with zero attached hydrogens (tertiary/aromatic N) is 3. The SMILES string of the molecule is CCOc1cc(OC2CCC(F)(F)CC2)cc(-c2nn[nH]c2C#N)c1. The highest BCUT2D eigenvalue weighted by atomic mass is 19.3. The summed E-state index contributed by atoms with van der Waals surface area (Å²) < 4.78 is 38.0. The normalized spacial score (nSPS) is 17.0. The van der Waals surface area contributed by atoms with Crippen molar-refractivity contribution in [2.45, 2.75) is 44.6 Å². The molecule has 1 heterocycles. The summed E-state index contributed by atoms with van der Waals surface area (Å²) in [6, 6.07) is 7.16. The fraction of sp³-hybridized carbons (Fsp3) is 0.471. The number of hydrogen-bond donors (Lipinski definition) is 1. The molecular weight excluding hydrogens is 330 g/mol. The van der Waals surface area contributed by atoms with E-state index < -0.39 is 5.92 Å². The van der Waals surface area contributed by atoms with Crippen molar-refractivity contribution in [2.75, 3.05) is 6.61 Å². The number of ether oxygens (including phenoxy) is 2. The third-order valence-corrected chi connectivity index (χ3v) is 4.09. The fourth-order valence-corrected chi connectivity index (χ4v) is 2.86. The van der Waals surface area contributed by atoms with E-state index in [9.17, 15) is 8.78 Å². The number of aromatic nitrogens is 3. The van der Waals surface area contributed by atoms with Crippen LogP contribution in [0.1, 0.15) is 38.3 Å². The van der Waals surface area contributed by atoms with Crippen molar-refractivity contribution in [2.24, 2.45) is 0 Å². The van der Waals surface area contributed by atoms with Gasteiger partial charge in [-0.3, -0.25) is 0 Å². The molecule has 3 rings (SSSR count). The summed E-state index contributed by atoms with van der Waals surface area (Å²) in [5.41, 5.74) is 1.24. The summed E-state index contributed by atoms with van der Waals surface area (Å²) >= 11 is 0. The van der Waals surface area contributed by atoms with Gasteiger partial charge in [-0.2, -0.15) is 5.26 Å². The van der Waals surface area contributed by atoms with Gasteiger partial charge in [0, 0.05) is 24.5 Å². The molecule has 2 aromatic rings. The Labute approximate surface area is 143 Å². The lowest BCUT2D eigenvalue weighted by Gasteiger charge is -2.28. The van der Waals surface area contributed by atoms with Crippen molar-refractivity contribution in [3.8, 4) is 28.8 Å². The van der Waals surface area contributed by atoms with Gasteiger partial charge < -0.3 is 9.47 Å². The zero-order valence-electron chi connectivity index (χ0n) is 13.8. The molecule has 1 fully saturated rings. The predicted octanol–water partition coefficient (Wildman–Crippen LogP) is 3.70. The van der Waals surface area contributed by atoms with Gasteiger partial charge in [0.05, 0.1) is 12.7 Å². The van der Waals surface area contributed by atoms with Crippen LogP contribution in [0.5, 0.6) is 11.5 Å². The predicted molar refractivity (Wildman–Crippen MR) is 85.5 cm³/mol. The smallest absolute Gasteiger partial charge is 0.248 e. The molecule has 1 aromatic carbocycles. The topological polar surface area (TPSA) is 83.8 Å². The number of benzene rings is 1. The highest BCUT2D eigenvalue weighted by molar-refractivity contribution is 5.67. The van der Waals surface area contributed by atoms with Gasteiger partial charge in [0.25, 0.3) is 0 Å².